The van der Waals surface area contributed by atoms with Gasteiger partial charge in [0.25, 0.3) is 0 Å². The van der Waals surface area contributed by atoms with Crippen molar-refractivity contribution >= 4 is 0 Å². The van der Waals surface area contributed by atoms with Gasteiger partial charge in [-0.3, -0.25) is 0 Å². The van der Waals surface area contributed by atoms with Gasteiger partial charge in [-0.05, 0) is 26.0 Å². The topological polar surface area (TPSA) is 55.6 Å². The van der Waals surface area contributed by atoms with E-state index in [1.807, 2.05) is 0 Å². The molecule has 0 fully saturated rings. The third-order valence-corrected chi connectivity index (χ3v) is 1.33. The lowest BCUT2D eigenvalue weighted by Gasteiger charge is -2.18. The predicted molar refractivity (Wildman–Crippen MR) is 45.4 cm³/mol. The molecule has 0 aliphatic heterocycles. The molecule has 0 aliphatic rings. The van der Waals surface area contributed by atoms with E-state index in [9.17, 15) is 0 Å². The van der Waals surface area contributed by atoms with Gasteiger partial charge in [0.2, 0.25) is 0 Å². The van der Waals surface area contributed by atoms with Crippen LogP contribution in [0.5, 0.6) is 0 Å². The zero-order valence-corrected chi connectivity index (χ0v) is 8.00. The lowest BCUT2D eigenvalue weighted by Crippen LogP contribution is -2.35. The summed E-state index contributed by atoms with van der Waals surface area (Å²) in [6, 6.07) is 0. The zero-order chi connectivity index (χ0) is 9.19. The maximum absolute atomic E-state index is 4.05. The molecule has 1 aromatic rings. The number of aromatic nitrogens is 4. The molecule has 0 amide bonds. The highest BCUT2D eigenvalue weighted by Gasteiger charge is 2.09. The fraction of sp³-hybridized carbons (Fsp3) is 0.857. The van der Waals surface area contributed by atoms with Gasteiger partial charge in [-0.25, -0.2) is 0 Å². The highest BCUT2D eigenvalue weighted by Crippen LogP contribution is 1.99. The molecule has 1 rings (SSSR count). The maximum Gasteiger partial charge on any atom is 0.188 e. The van der Waals surface area contributed by atoms with E-state index >= 15 is 0 Å². The first-order valence-corrected chi connectivity index (χ1v) is 3.95. The van der Waals surface area contributed by atoms with E-state index in [0.29, 0.717) is 6.54 Å². The van der Waals surface area contributed by atoms with E-state index in [0.717, 1.165) is 5.82 Å². The van der Waals surface area contributed by atoms with E-state index in [-0.39, 0.29) is 5.54 Å². The van der Waals surface area contributed by atoms with Crippen LogP contribution in [0.25, 0.3) is 0 Å². The van der Waals surface area contributed by atoms with Gasteiger partial charge < -0.3 is 5.32 Å². The number of nitrogens with one attached hydrogen (secondary N) is 1. The van der Waals surface area contributed by atoms with Crippen LogP contribution in [-0.2, 0) is 13.6 Å². The Morgan fingerprint density at radius 3 is 2.50 bits per heavy atom. The third-order valence-electron chi connectivity index (χ3n) is 1.33. The van der Waals surface area contributed by atoms with Gasteiger partial charge >= 0.3 is 0 Å². The molecule has 0 saturated carbocycles. The molecule has 0 aliphatic carbocycles. The van der Waals surface area contributed by atoms with Crippen molar-refractivity contribution in [2.24, 2.45) is 7.05 Å². The minimum atomic E-state index is 0.0964. The standard InChI is InChI=1S/C7H15N5/c1-7(2,3)8-5-6-9-11-12(4)10-6/h8H,5H2,1-4H3. The molecule has 5 nitrogen and oxygen atoms in total. The van der Waals surface area contributed by atoms with Crippen molar-refractivity contribution in [1.29, 1.82) is 0 Å². The molecule has 5 heteroatoms. The van der Waals surface area contributed by atoms with E-state index in [1.165, 1.54) is 4.80 Å². The van der Waals surface area contributed by atoms with E-state index in [1.54, 1.807) is 7.05 Å². The quantitative estimate of drug-likeness (QED) is 0.682. The fourth-order valence-electron chi connectivity index (χ4n) is 0.738. The summed E-state index contributed by atoms with van der Waals surface area (Å²) >= 11 is 0. The number of rotatable bonds is 2. The molecule has 0 unspecified atom stereocenters. The average molecular weight is 169 g/mol. The number of hydrogen-bond donors (Lipinski definition) is 1. The van der Waals surface area contributed by atoms with Crippen LogP contribution in [0.2, 0.25) is 0 Å². The van der Waals surface area contributed by atoms with Crippen LogP contribution in [0.1, 0.15) is 26.6 Å². The van der Waals surface area contributed by atoms with Crippen LogP contribution in [0, 0.1) is 0 Å². The summed E-state index contributed by atoms with van der Waals surface area (Å²) in [7, 11) is 1.76. The second-order valence-corrected chi connectivity index (χ2v) is 3.80. The Bertz CT molecular complexity index is 247. The molecular weight excluding hydrogens is 154 g/mol. The van der Waals surface area contributed by atoms with Gasteiger partial charge in [0.15, 0.2) is 5.82 Å². The number of nitrogens with zero attached hydrogens (tertiary/aromatic N) is 4. The molecule has 0 aromatic carbocycles. The summed E-state index contributed by atoms with van der Waals surface area (Å²) < 4.78 is 0. The average Bonchev–Trinajstić information content (AvgIpc) is 2.30. The van der Waals surface area contributed by atoms with Crippen molar-refractivity contribution in [3.63, 3.8) is 0 Å². The Hall–Kier alpha value is -0.970. The van der Waals surface area contributed by atoms with Gasteiger partial charge in [0, 0.05) is 5.54 Å². The maximum atomic E-state index is 4.05. The molecule has 0 spiro atoms. The summed E-state index contributed by atoms with van der Waals surface area (Å²) in [6.07, 6.45) is 0. The van der Waals surface area contributed by atoms with Crippen LogP contribution in [-0.4, -0.2) is 25.7 Å². The second-order valence-electron chi connectivity index (χ2n) is 3.80. The van der Waals surface area contributed by atoms with Crippen molar-refractivity contribution in [3.05, 3.63) is 5.82 Å². The SMILES string of the molecule is Cn1nnc(CNC(C)(C)C)n1. The van der Waals surface area contributed by atoms with Crippen LogP contribution in [0.15, 0.2) is 0 Å². The summed E-state index contributed by atoms with van der Waals surface area (Å²) in [6.45, 7) is 6.97. The Balaban J connectivity index is 2.44. The van der Waals surface area contributed by atoms with Crippen LogP contribution in [0.3, 0.4) is 0 Å². The van der Waals surface area contributed by atoms with Gasteiger partial charge in [-0.15, -0.1) is 10.2 Å². The van der Waals surface area contributed by atoms with Crippen LogP contribution in [0.4, 0.5) is 0 Å². The Kier molecular flexibility index (Phi) is 2.42. The van der Waals surface area contributed by atoms with Crippen LogP contribution >= 0.6 is 0 Å². The van der Waals surface area contributed by atoms with Crippen molar-refractivity contribution in [2.45, 2.75) is 32.9 Å². The zero-order valence-electron chi connectivity index (χ0n) is 8.00. The van der Waals surface area contributed by atoms with Gasteiger partial charge in [0.05, 0.1) is 13.6 Å². The number of tetrazole rings is 1. The minimum absolute atomic E-state index is 0.0964. The first-order chi connectivity index (χ1) is 5.47. The van der Waals surface area contributed by atoms with E-state index in [4.69, 9.17) is 0 Å². The third kappa shape index (κ3) is 2.96. The highest BCUT2D eigenvalue weighted by molar-refractivity contribution is 4.79. The Morgan fingerprint density at radius 1 is 1.42 bits per heavy atom. The molecule has 1 aromatic heterocycles. The lowest BCUT2D eigenvalue weighted by atomic mass is 10.1. The molecule has 1 N–H and O–H groups in total. The first kappa shape index (κ1) is 9.12. The summed E-state index contributed by atoms with van der Waals surface area (Å²) in [5, 5.41) is 14.9. The second kappa shape index (κ2) is 3.18. The predicted octanol–water partition coefficient (Wildman–Crippen LogP) is 0.0982. The summed E-state index contributed by atoms with van der Waals surface area (Å²) in [4.78, 5) is 1.46. The van der Waals surface area contributed by atoms with Gasteiger partial charge in [0.1, 0.15) is 0 Å². The molecule has 0 saturated heterocycles. The van der Waals surface area contributed by atoms with Crippen molar-refractivity contribution in [2.75, 3.05) is 0 Å². The largest absolute Gasteiger partial charge is 0.305 e. The van der Waals surface area contributed by atoms with Crippen LogP contribution < -0.4 is 5.32 Å². The monoisotopic (exact) mass is 169 g/mol. The van der Waals surface area contributed by atoms with Crippen molar-refractivity contribution in [1.82, 2.24) is 25.5 Å². The summed E-state index contributed by atoms with van der Waals surface area (Å²) in [5.74, 6) is 0.729. The van der Waals surface area contributed by atoms with Crippen molar-refractivity contribution < 1.29 is 0 Å². The highest BCUT2D eigenvalue weighted by atomic mass is 15.6. The van der Waals surface area contributed by atoms with E-state index in [2.05, 4.69) is 41.5 Å². The van der Waals surface area contributed by atoms with Crippen molar-refractivity contribution in [3.8, 4) is 0 Å². The Morgan fingerprint density at radius 2 is 2.08 bits per heavy atom. The normalized spacial score (nSPS) is 12.0. The molecule has 0 atom stereocenters. The number of hydrogen-bond acceptors (Lipinski definition) is 4. The minimum Gasteiger partial charge on any atom is -0.305 e. The van der Waals surface area contributed by atoms with E-state index < -0.39 is 0 Å². The van der Waals surface area contributed by atoms with Gasteiger partial charge in [-0.2, -0.15) is 4.80 Å². The fourth-order valence-corrected chi connectivity index (χ4v) is 0.738. The lowest BCUT2D eigenvalue weighted by molar-refractivity contribution is 0.417. The molecule has 0 bridgehead atoms. The summed E-state index contributed by atoms with van der Waals surface area (Å²) in [5.41, 5.74) is 0.0964. The smallest absolute Gasteiger partial charge is 0.188 e. The number of aryl methyl sites for hydroxylation is 1. The molecule has 12 heavy (non-hydrogen) atoms. The molecule has 1 heterocycles. The van der Waals surface area contributed by atoms with Gasteiger partial charge in [-0.1, -0.05) is 0 Å². The molecular formula is C7H15N5. The molecule has 0 radical (unpaired) electrons. The Labute approximate surface area is 72.2 Å². The first-order valence-electron chi connectivity index (χ1n) is 3.95. The molecule has 68 valence electrons.